The van der Waals surface area contributed by atoms with Crippen molar-refractivity contribution < 1.29 is 5.11 Å². The number of aliphatic hydroxyl groups excluding tert-OH is 1. The molecular weight excluding hydrogens is 160 g/mol. The lowest BCUT2D eigenvalue weighted by Gasteiger charge is -2.05. The van der Waals surface area contributed by atoms with Crippen LogP contribution in [0.1, 0.15) is 37.8 Å². The number of hydrogen-bond donors (Lipinski definition) is 1. The van der Waals surface area contributed by atoms with E-state index in [1.54, 1.807) is 6.08 Å². The lowest BCUT2D eigenvalue weighted by atomic mass is 10.0. The molecule has 70 valence electrons. The van der Waals surface area contributed by atoms with Gasteiger partial charge in [-0.2, -0.15) is 0 Å². The van der Waals surface area contributed by atoms with Crippen molar-refractivity contribution in [2.75, 3.05) is 0 Å². The Kier molecular flexibility index (Phi) is 3.13. The van der Waals surface area contributed by atoms with Gasteiger partial charge in [-0.05, 0) is 24.5 Å². The molecule has 1 heteroatoms. The van der Waals surface area contributed by atoms with Crippen molar-refractivity contribution in [3.63, 3.8) is 0 Å². The summed E-state index contributed by atoms with van der Waals surface area (Å²) in [4.78, 5) is 0. The number of allylic oxidation sites excluding steroid dienone is 1. The molecule has 0 spiro atoms. The third-order valence-electron chi connectivity index (χ3n) is 2.15. The molecule has 0 aromatic heterocycles. The zero-order chi connectivity index (χ0) is 9.84. The van der Waals surface area contributed by atoms with Crippen LogP contribution in [-0.4, -0.2) is 5.11 Å². The zero-order valence-electron chi connectivity index (χ0n) is 8.41. The van der Waals surface area contributed by atoms with Crippen LogP contribution in [0.4, 0.5) is 0 Å². The molecule has 1 aromatic carbocycles. The first-order chi connectivity index (χ1) is 6.15. The molecule has 0 atom stereocenters. The maximum atomic E-state index is 9.42. The summed E-state index contributed by atoms with van der Waals surface area (Å²) in [5.41, 5.74) is 2.18. The Morgan fingerprint density at radius 3 is 2.15 bits per heavy atom. The van der Waals surface area contributed by atoms with Crippen molar-refractivity contribution in [2.24, 2.45) is 0 Å². The Hall–Kier alpha value is -1.24. The van der Waals surface area contributed by atoms with Gasteiger partial charge in [0.15, 0.2) is 0 Å². The minimum atomic E-state index is 0.343. The first-order valence-electron chi connectivity index (χ1n) is 4.60. The van der Waals surface area contributed by atoms with Gasteiger partial charge in [0.05, 0.1) is 0 Å². The maximum Gasteiger partial charge on any atom is 0.118 e. The molecule has 0 amide bonds. The molecule has 1 aromatic rings. The highest BCUT2D eigenvalue weighted by Gasteiger charge is 2.00. The number of aliphatic hydroxyl groups is 1. The highest BCUT2D eigenvalue weighted by molar-refractivity contribution is 5.58. The van der Waals surface area contributed by atoms with Crippen molar-refractivity contribution in [1.29, 1.82) is 0 Å². The molecule has 1 nitrogen and oxygen atoms in total. The smallest absolute Gasteiger partial charge is 0.118 e. The summed E-state index contributed by atoms with van der Waals surface area (Å²) in [6, 6.07) is 8.01. The molecule has 0 unspecified atom stereocenters. The van der Waals surface area contributed by atoms with Crippen molar-refractivity contribution >= 4 is 5.76 Å². The van der Waals surface area contributed by atoms with E-state index in [4.69, 9.17) is 0 Å². The van der Waals surface area contributed by atoms with Crippen LogP contribution in [0.3, 0.4) is 0 Å². The lowest BCUT2D eigenvalue weighted by Crippen LogP contribution is -1.88. The summed E-state index contributed by atoms with van der Waals surface area (Å²) in [5, 5.41) is 9.42. The Bertz CT molecular complexity index is 293. The molecule has 0 aliphatic rings. The van der Waals surface area contributed by atoms with Gasteiger partial charge in [0.25, 0.3) is 0 Å². The monoisotopic (exact) mass is 176 g/mol. The van der Waals surface area contributed by atoms with E-state index in [0.717, 1.165) is 5.56 Å². The van der Waals surface area contributed by atoms with Gasteiger partial charge in [-0.25, -0.2) is 0 Å². The van der Waals surface area contributed by atoms with Crippen LogP contribution in [0.5, 0.6) is 0 Å². The minimum absolute atomic E-state index is 0.343. The zero-order valence-corrected chi connectivity index (χ0v) is 8.41. The number of hydrogen-bond acceptors (Lipinski definition) is 1. The van der Waals surface area contributed by atoms with E-state index in [-0.39, 0.29) is 0 Å². The van der Waals surface area contributed by atoms with E-state index in [9.17, 15) is 5.11 Å². The predicted molar refractivity (Wildman–Crippen MR) is 56.8 cm³/mol. The Balaban J connectivity index is 2.94. The van der Waals surface area contributed by atoms with Crippen molar-refractivity contribution in [3.8, 4) is 0 Å². The fraction of sp³-hybridized carbons (Fsp3) is 0.333. The summed E-state index contributed by atoms with van der Waals surface area (Å²) in [5.74, 6) is 0.886. The topological polar surface area (TPSA) is 20.2 Å². The van der Waals surface area contributed by atoms with Crippen LogP contribution >= 0.6 is 0 Å². The highest BCUT2D eigenvalue weighted by atomic mass is 16.3. The first-order valence-corrected chi connectivity index (χ1v) is 4.60. The Labute approximate surface area is 79.7 Å². The second-order valence-electron chi connectivity index (χ2n) is 3.45. The summed E-state index contributed by atoms with van der Waals surface area (Å²) >= 11 is 0. The van der Waals surface area contributed by atoms with Crippen LogP contribution in [0.2, 0.25) is 0 Å². The van der Waals surface area contributed by atoms with Gasteiger partial charge in [0.2, 0.25) is 0 Å². The highest BCUT2D eigenvalue weighted by Crippen LogP contribution is 2.17. The van der Waals surface area contributed by atoms with Crippen LogP contribution in [0.15, 0.2) is 30.3 Å². The van der Waals surface area contributed by atoms with Gasteiger partial charge in [0, 0.05) is 5.56 Å². The Morgan fingerprint density at radius 2 is 1.77 bits per heavy atom. The van der Waals surface area contributed by atoms with Crippen molar-refractivity contribution in [3.05, 3.63) is 41.5 Å². The van der Waals surface area contributed by atoms with Gasteiger partial charge >= 0.3 is 0 Å². The van der Waals surface area contributed by atoms with Crippen molar-refractivity contribution in [1.82, 2.24) is 0 Å². The van der Waals surface area contributed by atoms with E-state index in [0.29, 0.717) is 11.7 Å². The SMILES string of the molecule is CC=C(O)c1ccc(C(C)C)cc1. The van der Waals surface area contributed by atoms with Crippen molar-refractivity contribution in [2.45, 2.75) is 26.7 Å². The molecule has 0 radical (unpaired) electrons. The molecule has 1 rings (SSSR count). The van der Waals surface area contributed by atoms with Crippen LogP contribution in [0.25, 0.3) is 5.76 Å². The predicted octanol–water partition coefficient (Wildman–Crippen LogP) is 3.73. The quantitative estimate of drug-likeness (QED) is 0.681. The summed E-state index contributed by atoms with van der Waals surface area (Å²) in [6.07, 6.45) is 1.70. The summed E-state index contributed by atoms with van der Waals surface area (Å²) < 4.78 is 0. The molecule has 0 bridgehead atoms. The molecule has 0 aliphatic heterocycles. The van der Waals surface area contributed by atoms with E-state index < -0.39 is 0 Å². The summed E-state index contributed by atoms with van der Waals surface area (Å²) in [6.45, 7) is 6.14. The van der Waals surface area contributed by atoms with Gasteiger partial charge in [0.1, 0.15) is 5.76 Å². The molecule has 0 fully saturated rings. The third kappa shape index (κ3) is 2.35. The molecule has 0 heterocycles. The number of benzene rings is 1. The fourth-order valence-corrected chi connectivity index (χ4v) is 1.21. The van der Waals surface area contributed by atoms with E-state index >= 15 is 0 Å². The van der Waals surface area contributed by atoms with E-state index in [1.165, 1.54) is 5.56 Å². The largest absolute Gasteiger partial charge is 0.508 e. The average Bonchev–Trinajstić information content (AvgIpc) is 2.17. The minimum Gasteiger partial charge on any atom is -0.508 e. The Morgan fingerprint density at radius 1 is 1.23 bits per heavy atom. The van der Waals surface area contributed by atoms with Gasteiger partial charge in [-0.1, -0.05) is 38.1 Å². The molecule has 0 aliphatic carbocycles. The lowest BCUT2D eigenvalue weighted by molar-refractivity contribution is 0.511. The third-order valence-corrected chi connectivity index (χ3v) is 2.15. The molecule has 0 saturated carbocycles. The van der Waals surface area contributed by atoms with Crippen LogP contribution < -0.4 is 0 Å². The van der Waals surface area contributed by atoms with Crippen LogP contribution in [-0.2, 0) is 0 Å². The standard InChI is InChI=1S/C12H16O/c1-4-12(13)11-7-5-10(6-8-11)9(2)3/h4-9,13H,1-3H3. The van der Waals surface area contributed by atoms with E-state index in [1.807, 2.05) is 19.1 Å². The first kappa shape index (κ1) is 9.85. The average molecular weight is 176 g/mol. The van der Waals surface area contributed by atoms with Gasteiger partial charge in [-0.15, -0.1) is 0 Å². The van der Waals surface area contributed by atoms with Gasteiger partial charge < -0.3 is 5.11 Å². The maximum absolute atomic E-state index is 9.42. The van der Waals surface area contributed by atoms with E-state index in [2.05, 4.69) is 26.0 Å². The molecule has 13 heavy (non-hydrogen) atoms. The summed E-state index contributed by atoms with van der Waals surface area (Å²) in [7, 11) is 0. The normalized spacial score (nSPS) is 12.2. The fourth-order valence-electron chi connectivity index (χ4n) is 1.21. The second-order valence-corrected chi connectivity index (χ2v) is 3.45. The molecular formula is C12H16O. The van der Waals surface area contributed by atoms with Gasteiger partial charge in [-0.3, -0.25) is 0 Å². The molecule has 1 N–H and O–H groups in total. The number of rotatable bonds is 2. The molecule has 0 saturated heterocycles. The second kappa shape index (κ2) is 4.13. The van der Waals surface area contributed by atoms with Crippen LogP contribution in [0, 0.1) is 0 Å².